The van der Waals surface area contributed by atoms with Crippen LogP contribution in [0.3, 0.4) is 0 Å². The summed E-state index contributed by atoms with van der Waals surface area (Å²) in [5.74, 6) is 0.961. The fourth-order valence-corrected chi connectivity index (χ4v) is 4.02. The first-order chi connectivity index (χ1) is 11.3. The van der Waals surface area contributed by atoms with Crippen LogP contribution in [0.2, 0.25) is 0 Å². The summed E-state index contributed by atoms with van der Waals surface area (Å²) in [6.07, 6.45) is 3.41. The fourth-order valence-electron chi connectivity index (χ4n) is 2.80. The van der Waals surface area contributed by atoms with Crippen LogP contribution in [0.15, 0.2) is 53.6 Å². The van der Waals surface area contributed by atoms with Crippen molar-refractivity contribution in [3.8, 4) is 0 Å². The highest BCUT2D eigenvalue weighted by Crippen LogP contribution is 2.36. The van der Waals surface area contributed by atoms with E-state index in [1.54, 1.807) is 11.8 Å². The average Bonchev–Trinajstić information content (AvgIpc) is 3.19. The van der Waals surface area contributed by atoms with Crippen LogP contribution in [0.4, 0.5) is 0 Å². The average molecular weight is 324 g/mol. The molecule has 3 heterocycles. The van der Waals surface area contributed by atoms with Gasteiger partial charge in [-0.15, -0.1) is 22.0 Å². The number of carbonyl (C=O) groups excluding carboxylic acids is 1. The number of nitrogens with zero attached hydrogens (tertiary/aromatic N) is 3. The van der Waals surface area contributed by atoms with E-state index >= 15 is 0 Å². The van der Waals surface area contributed by atoms with Gasteiger partial charge in [0.15, 0.2) is 5.65 Å². The lowest BCUT2D eigenvalue weighted by atomic mass is 10.1. The molecular formula is C17H16N4OS. The molecule has 1 N–H and O–H groups in total. The second-order valence-corrected chi connectivity index (χ2v) is 6.75. The van der Waals surface area contributed by atoms with Crippen LogP contribution in [-0.4, -0.2) is 32.3 Å². The Bertz CT molecular complexity index is 835. The molecule has 1 amide bonds. The van der Waals surface area contributed by atoms with E-state index in [1.165, 1.54) is 10.5 Å². The van der Waals surface area contributed by atoms with Gasteiger partial charge < -0.3 is 5.32 Å². The highest BCUT2D eigenvalue weighted by Gasteiger charge is 2.27. The van der Waals surface area contributed by atoms with E-state index in [1.807, 2.05) is 40.9 Å². The molecule has 116 valence electrons. The van der Waals surface area contributed by atoms with E-state index in [0.29, 0.717) is 13.0 Å². The van der Waals surface area contributed by atoms with Crippen molar-refractivity contribution in [3.05, 3.63) is 60.0 Å². The Morgan fingerprint density at radius 2 is 2.09 bits per heavy atom. The Kier molecular flexibility index (Phi) is 3.75. The minimum Gasteiger partial charge on any atom is -0.355 e. The molecule has 5 nitrogen and oxygen atoms in total. The maximum Gasteiger partial charge on any atom is 0.233 e. The van der Waals surface area contributed by atoms with Gasteiger partial charge >= 0.3 is 0 Å². The topological polar surface area (TPSA) is 59.3 Å². The standard InChI is InChI=1S/C17H16N4OS/c22-17(14-11-12-5-1-2-6-13(12)23-14)18-9-8-16-20-19-15-7-3-4-10-21(15)16/h1-7,10,14H,8-9,11H2,(H,18,22). The summed E-state index contributed by atoms with van der Waals surface area (Å²) in [5.41, 5.74) is 2.09. The van der Waals surface area contributed by atoms with Gasteiger partial charge in [-0.2, -0.15) is 0 Å². The third-order valence-electron chi connectivity index (χ3n) is 3.97. The molecule has 3 aromatic rings. The Morgan fingerprint density at radius 3 is 3.00 bits per heavy atom. The van der Waals surface area contributed by atoms with Crippen LogP contribution in [0.1, 0.15) is 11.4 Å². The first-order valence-electron chi connectivity index (χ1n) is 7.62. The molecule has 0 aliphatic carbocycles. The molecule has 1 aliphatic rings. The van der Waals surface area contributed by atoms with Crippen molar-refractivity contribution in [1.82, 2.24) is 19.9 Å². The molecule has 1 atom stereocenters. The monoisotopic (exact) mass is 324 g/mol. The molecule has 0 saturated carbocycles. The molecular weight excluding hydrogens is 308 g/mol. The normalized spacial score (nSPS) is 16.4. The third kappa shape index (κ3) is 2.82. The summed E-state index contributed by atoms with van der Waals surface area (Å²) in [4.78, 5) is 13.5. The highest BCUT2D eigenvalue weighted by atomic mass is 32.2. The summed E-state index contributed by atoms with van der Waals surface area (Å²) in [7, 11) is 0. The lowest BCUT2D eigenvalue weighted by Crippen LogP contribution is -2.34. The number of aromatic nitrogens is 3. The number of hydrogen-bond donors (Lipinski definition) is 1. The first kappa shape index (κ1) is 14.3. The van der Waals surface area contributed by atoms with Crippen molar-refractivity contribution in [2.75, 3.05) is 6.54 Å². The van der Waals surface area contributed by atoms with Crippen LogP contribution < -0.4 is 5.32 Å². The molecule has 0 fully saturated rings. The summed E-state index contributed by atoms with van der Waals surface area (Å²) < 4.78 is 1.95. The zero-order chi connectivity index (χ0) is 15.6. The number of nitrogens with one attached hydrogen (secondary N) is 1. The molecule has 0 spiro atoms. The van der Waals surface area contributed by atoms with Gasteiger partial charge in [-0.1, -0.05) is 24.3 Å². The summed E-state index contributed by atoms with van der Waals surface area (Å²) >= 11 is 1.65. The number of hydrogen-bond acceptors (Lipinski definition) is 4. The van der Waals surface area contributed by atoms with Gasteiger partial charge in [-0.05, 0) is 30.2 Å². The molecule has 0 radical (unpaired) electrons. The van der Waals surface area contributed by atoms with Crippen molar-refractivity contribution in [1.29, 1.82) is 0 Å². The van der Waals surface area contributed by atoms with Gasteiger partial charge in [-0.3, -0.25) is 9.20 Å². The van der Waals surface area contributed by atoms with Gasteiger partial charge in [0.1, 0.15) is 5.82 Å². The molecule has 4 rings (SSSR count). The number of carbonyl (C=O) groups is 1. The van der Waals surface area contributed by atoms with E-state index in [-0.39, 0.29) is 11.2 Å². The molecule has 2 aromatic heterocycles. The molecule has 1 aliphatic heterocycles. The van der Waals surface area contributed by atoms with Crippen LogP contribution in [0, 0.1) is 0 Å². The second-order valence-electron chi connectivity index (χ2n) is 5.50. The van der Waals surface area contributed by atoms with Gasteiger partial charge in [0.05, 0.1) is 5.25 Å². The predicted octanol–water partition coefficient (Wildman–Crippen LogP) is 2.10. The Hall–Kier alpha value is -2.34. The number of benzene rings is 1. The highest BCUT2D eigenvalue weighted by molar-refractivity contribution is 8.01. The quantitative estimate of drug-likeness (QED) is 0.798. The zero-order valence-corrected chi connectivity index (χ0v) is 13.3. The van der Waals surface area contributed by atoms with Crippen molar-refractivity contribution in [2.45, 2.75) is 23.0 Å². The van der Waals surface area contributed by atoms with Gasteiger partial charge in [0, 0.05) is 24.1 Å². The van der Waals surface area contributed by atoms with Crippen molar-refractivity contribution in [3.63, 3.8) is 0 Å². The Balaban J connectivity index is 1.34. The minimum atomic E-state index is -0.0254. The van der Waals surface area contributed by atoms with E-state index in [9.17, 15) is 4.79 Å². The Morgan fingerprint density at radius 1 is 1.22 bits per heavy atom. The SMILES string of the molecule is O=C(NCCc1nnc2ccccn12)C1Cc2ccccc2S1. The number of amides is 1. The van der Waals surface area contributed by atoms with Crippen LogP contribution in [-0.2, 0) is 17.6 Å². The first-order valence-corrected chi connectivity index (χ1v) is 8.50. The van der Waals surface area contributed by atoms with Gasteiger partial charge in [-0.25, -0.2) is 0 Å². The van der Waals surface area contributed by atoms with E-state index in [0.717, 1.165) is 17.9 Å². The maximum atomic E-state index is 12.3. The molecule has 6 heteroatoms. The number of rotatable bonds is 4. The zero-order valence-electron chi connectivity index (χ0n) is 12.5. The van der Waals surface area contributed by atoms with Crippen molar-refractivity contribution in [2.24, 2.45) is 0 Å². The van der Waals surface area contributed by atoms with Crippen molar-refractivity contribution < 1.29 is 4.79 Å². The number of fused-ring (bicyclic) bond motifs is 2. The van der Waals surface area contributed by atoms with E-state index < -0.39 is 0 Å². The Labute approximate surface area is 138 Å². The molecule has 0 bridgehead atoms. The summed E-state index contributed by atoms with van der Waals surface area (Å²) in [6.45, 7) is 0.571. The van der Waals surface area contributed by atoms with E-state index in [4.69, 9.17) is 0 Å². The lowest BCUT2D eigenvalue weighted by Gasteiger charge is -2.09. The molecule has 1 aromatic carbocycles. The lowest BCUT2D eigenvalue weighted by molar-refractivity contribution is -0.120. The van der Waals surface area contributed by atoms with Crippen LogP contribution >= 0.6 is 11.8 Å². The smallest absolute Gasteiger partial charge is 0.233 e. The minimum absolute atomic E-state index is 0.0254. The third-order valence-corrected chi connectivity index (χ3v) is 5.29. The second kappa shape index (κ2) is 6.04. The van der Waals surface area contributed by atoms with E-state index in [2.05, 4.69) is 27.6 Å². The maximum absolute atomic E-state index is 12.3. The molecule has 23 heavy (non-hydrogen) atoms. The number of thioether (sulfide) groups is 1. The van der Waals surface area contributed by atoms with Gasteiger partial charge in [0.25, 0.3) is 0 Å². The van der Waals surface area contributed by atoms with Crippen LogP contribution in [0.25, 0.3) is 5.65 Å². The fraction of sp³-hybridized carbons (Fsp3) is 0.235. The molecule has 1 unspecified atom stereocenters. The van der Waals surface area contributed by atoms with Gasteiger partial charge in [0.2, 0.25) is 5.91 Å². The largest absolute Gasteiger partial charge is 0.355 e. The summed E-state index contributed by atoms with van der Waals surface area (Å²) in [6, 6.07) is 14.0. The number of pyridine rings is 1. The molecule has 0 saturated heterocycles. The van der Waals surface area contributed by atoms with Crippen molar-refractivity contribution >= 4 is 23.3 Å². The predicted molar refractivity (Wildman–Crippen MR) is 89.5 cm³/mol. The van der Waals surface area contributed by atoms with Crippen LogP contribution in [0.5, 0.6) is 0 Å². The summed E-state index contributed by atoms with van der Waals surface area (Å²) in [5, 5.41) is 11.3.